The minimum absolute atomic E-state index is 0.138. The van der Waals surface area contributed by atoms with Crippen LogP contribution in [0, 0.1) is 0 Å². The van der Waals surface area contributed by atoms with Crippen molar-refractivity contribution in [3.63, 3.8) is 0 Å². The zero-order valence-electron chi connectivity index (χ0n) is 14.8. The van der Waals surface area contributed by atoms with Crippen LogP contribution in [0.4, 0.5) is 0 Å². The number of fused-ring (bicyclic) bond motifs is 5. The molecule has 2 heteroatoms. The predicted molar refractivity (Wildman–Crippen MR) is 96.2 cm³/mol. The summed E-state index contributed by atoms with van der Waals surface area (Å²) in [6, 6.07) is 10.7. The lowest BCUT2D eigenvalue weighted by Crippen LogP contribution is -2.09. The minimum atomic E-state index is -0.159. The second kappa shape index (κ2) is 5.47. The Hall–Kier alpha value is -2.09. The molecule has 0 saturated carbocycles. The number of hydrogen-bond donors (Lipinski definition) is 0. The summed E-state index contributed by atoms with van der Waals surface area (Å²) in [6.07, 6.45) is 1.73. The molecule has 0 radical (unpaired) electrons. The molecular weight excluding hydrogens is 296 g/mol. The summed E-state index contributed by atoms with van der Waals surface area (Å²) in [5.41, 5.74) is 6.85. The minimum Gasteiger partial charge on any atom is -0.484 e. The van der Waals surface area contributed by atoms with Gasteiger partial charge in [0.15, 0.2) is 5.78 Å². The van der Waals surface area contributed by atoms with Crippen LogP contribution in [0.1, 0.15) is 83.8 Å². The molecule has 2 unspecified atom stereocenters. The molecule has 2 nitrogen and oxygen atoms in total. The van der Waals surface area contributed by atoms with Crippen LogP contribution in [-0.2, 0) is 12.8 Å². The maximum Gasteiger partial charge on any atom is 0.175 e. The normalized spacial score (nSPS) is 20.8. The Morgan fingerprint density at radius 2 is 1.79 bits per heavy atom. The lowest BCUT2D eigenvalue weighted by atomic mass is 9.91. The van der Waals surface area contributed by atoms with Gasteiger partial charge < -0.3 is 4.74 Å². The Kier molecular flexibility index (Phi) is 3.52. The van der Waals surface area contributed by atoms with Crippen molar-refractivity contribution in [2.24, 2.45) is 0 Å². The molecule has 0 fully saturated rings. The highest BCUT2D eigenvalue weighted by Gasteiger charge is 2.48. The number of carbonyl (C=O) groups is 1. The van der Waals surface area contributed by atoms with E-state index in [2.05, 4.69) is 58.0 Å². The van der Waals surface area contributed by atoms with E-state index in [0.717, 1.165) is 35.3 Å². The number of ether oxygens (including phenoxy) is 1. The molecule has 0 N–H and O–H groups in total. The first-order valence-electron chi connectivity index (χ1n) is 9.06. The van der Waals surface area contributed by atoms with Crippen LogP contribution >= 0.6 is 0 Å². The molecule has 0 bridgehead atoms. The molecule has 1 heterocycles. The van der Waals surface area contributed by atoms with E-state index in [9.17, 15) is 4.79 Å². The molecule has 1 aliphatic carbocycles. The van der Waals surface area contributed by atoms with E-state index in [1.165, 1.54) is 16.7 Å². The van der Waals surface area contributed by atoms with Gasteiger partial charge in [-0.15, -0.1) is 0 Å². The second-order valence-corrected chi connectivity index (χ2v) is 7.21. The van der Waals surface area contributed by atoms with E-state index in [4.69, 9.17) is 4.74 Å². The highest BCUT2D eigenvalue weighted by atomic mass is 16.5. The number of benzene rings is 2. The maximum absolute atomic E-state index is 13.2. The van der Waals surface area contributed by atoms with Crippen molar-refractivity contribution in [2.45, 2.75) is 58.5 Å². The SMILES string of the molecule is CCc1ccc2c(c1CC)C(=O)C1c3ccc(C(C)C)cc3OC21. The predicted octanol–water partition coefficient (Wildman–Crippen LogP) is 5.35. The molecule has 2 aliphatic rings. The lowest BCUT2D eigenvalue weighted by Gasteiger charge is -2.14. The van der Waals surface area contributed by atoms with Gasteiger partial charge in [0, 0.05) is 16.7 Å². The number of rotatable bonds is 3. The molecule has 0 aromatic heterocycles. The van der Waals surface area contributed by atoms with Gasteiger partial charge in [-0.2, -0.15) is 0 Å². The summed E-state index contributed by atoms with van der Waals surface area (Å²) in [5, 5.41) is 0. The van der Waals surface area contributed by atoms with Crippen molar-refractivity contribution in [1.29, 1.82) is 0 Å². The molecule has 2 aromatic rings. The zero-order chi connectivity index (χ0) is 17.0. The second-order valence-electron chi connectivity index (χ2n) is 7.21. The summed E-state index contributed by atoms with van der Waals surface area (Å²) in [6.45, 7) is 8.65. The van der Waals surface area contributed by atoms with Gasteiger partial charge >= 0.3 is 0 Å². The van der Waals surface area contributed by atoms with E-state index in [1.54, 1.807) is 0 Å². The monoisotopic (exact) mass is 320 g/mol. The third kappa shape index (κ3) is 1.98. The summed E-state index contributed by atoms with van der Waals surface area (Å²) in [4.78, 5) is 13.2. The molecule has 2 aromatic carbocycles. The van der Waals surface area contributed by atoms with Gasteiger partial charge in [-0.25, -0.2) is 0 Å². The van der Waals surface area contributed by atoms with Crippen molar-refractivity contribution in [2.75, 3.05) is 0 Å². The lowest BCUT2D eigenvalue weighted by molar-refractivity contribution is 0.0934. The quantitative estimate of drug-likeness (QED) is 0.762. The molecule has 2 atom stereocenters. The molecule has 124 valence electrons. The van der Waals surface area contributed by atoms with Crippen LogP contribution in [0.25, 0.3) is 0 Å². The number of ketones is 1. The highest BCUT2D eigenvalue weighted by Crippen LogP contribution is 2.54. The van der Waals surface area contributed by atoms with Crippen LogP contribution in [0.3, 0.4) is 0 Å². The number of aryl methyl sites for hydroxylation is 1. The maximum atomic E-state index is 13.2. The van der Waals surface area contributed by atoms with E-state index in [-0.39, 0.29) is 17.8 Å². The van der Waals surface area contributed by atoms with Gasteiger partial charge in [0.25, 0.3) is 0 Å². The molecule has 4 rings (SSSR count). The van der Waals surface area contributed by atoms with E-state index < -0.39 is 0 Å². The molecule has 0 saturated heterocycles. The standard InChI is InChI=1S/C22H24O2/c1-5-13-7-10-17-19(15(13)6-2)21(23)20-16-9-8-14(12(3)4)11-18(16)24-22(17)20/h7-12,20,22H,5-6H2,1-4H3. The van der Waals surface area contributed by atoms with Crippen LogP contribution < -0.4 is 4.74 Å². The van der Waals surface area contributed by atoms with Crippen molar-refractivity contribution >= 4 is 5.78 Å². The van der Waals surface area contributed by atoms with Gasteiger partial charge in [0.1, 0.15) is 11.9 Å². The van der Waals surface area contributed by atoms with Crippen molar-refractivity contribution < 1.29 is 9.53 Å². The summed E-state index contributed by atoms with van der Waals surface area (Å²) >= 11 is 0. The summed E-state index contributed by atoms with van der Waals surface area (Å²) in [5.74, 6) is 1.45. The number of Topliss-reactive ketones (excluding diaryl/α,β-unsaturated/α-hetero) is 1. The van der Waals surface area contributed by atoms with Gasteiger partial charge in [-0.1, -0.05) is 52.0 Å². The fourth-order valence-electron chi connectivity index (χ4n) is 4.29. The molecule has 1 aliphatic heterocycles. The van der Waals surface area contributed by atoms with Crippen molar-refractivity contribution in [3.05, 3.63) is 63.7 Å². The van der Waals surface area contributed by atoms with E-state index >= 15 is 0 Å². The third-order valence-electron chi connectivity index (χ3n) is 5.61. The van der Waals surface area contributed by atoms with E-state index in [1.807, 2.05) is 0 Å². The van der Waals surface area contributed by atoms with E-state index in [0.29, 0.717) is 5.92 Å². The van der Waals surface area contributed by atoms with Gasteiger partial charge in [0.2, 0.25) is 0 Å². The van der Waals surface area contributed by atoms with Crippen LogP contribution in [0.5, 0.6) is 5.75 Å². The first kappa shape index (κ1) is 15.4. The average molecular weight is 320 g/mol. The van der Waals surface area contributed by atoms with Crippen LogP contribution in [-0.4, -0.2) is 5.78 Å². The first-order valence-corrected chi connectivity index (χ1v) is 9.06. The Balaban J connectivity index is 1.83. The Labute approximate surface area is 143 Å². The first-order chi connectivity index (χ1) is 11.6. The Bertz CT molecular complexity index is 832. The fourth-order valence-corrected chi connectivity index (χ4v) is 4.29. The van der Waals surface area contributed by atoms with Gasteiger partial charge in [-0.05, 0) is 41.5 Å². The Morgan fingerprint density at radius 3 is 2.46 bits per heavy atom. The third-order valence-corrected chi connectivity index (χ3v) is 5.61. The Morgan fingerprint density at radius 1 is 1.04 bits per heavy atom. The van der Waals surface area contributed by atoms with Crippen LogP contribution in [0.2, 0.25) is 0 Å². The topological polar surface area (TPSA) is 26.3 Å². The van der Waals surface area contributed by atoms with Gasteiger partial charge in [0.05, 0.1) is 5.92 Å². The summed E-state index contributed by atoms with van der Waals surface area (Å²) in [7, 11) is 0. The molecule has 24 heavy (non-hydrogen) atoms. The smallest absolute Gasteiger partial charge is 0.175 e. The number of hydrogen-bond acceptors (Lipinski definition) is 2. The highest BCUT2D eigenvalue weighted by molar-refractivity contribution is 6.08. The summed E-state index contributed by atoms with van der Waals surface area (Å²) < 4.78 is 6.27. The zero-order valence-corrected chi connectivity index (χ0v) is 14.8. The van der Waals surface area contributed by atoms with Crippen molar-refractivity contribution in [1.82, 2.24) is 0 Å². The largest absolute Gasteiger partial charge is 0.484 e. The van der Waals surface area contributed by atoms with Crippen molar-refractivity contribution in [3.8, 4) is 5.75 Å². The van der Waals surface area contributed by atoms with Crippen LogP contribution in [0.15, 0.2) is 30.3 Å². The van der Waals surface area contributed by atoms with Gasteiger partial charge in [-0.3, -0.25) is 4.79 Å². The molecule has 0 amide bonds. The molecule has 0 spiro atoms. The number of carbonyl (C=O) groups excluding carboxylic acids is 1. The fraction of sp³-hybridized carbons (Fsp3) is 0.409. The average Bonchev–Trinajstić information content (AvgIpc) is 3.09. The molecular formula is C22H24O2.